The number of amides is 1. The Balaban J connectivity index is 1.36. The number of carbonyl (C=O) groups is 1. The second-order valence-electron chi connectivity index (χ2n) is 7.77. The highest BCUT2D eigenvalue weighted by Gasteiger charge is 2.40. The molecule has 2 aliphatic heterocycles. The van der Waals surface area contributed by atoms with E-state index in [4.69, 9.17) is 0 Å². The molecule has 2 heterocycles. The predicted molar refractivity (Wildman–Crippen MR) is 97.3 cm³/mol. The summed E-state index contributed by atoms with van der Waals surface area (Å²) in [5.74, 6) is 0.985. The molecule has 1 amide bonds. The van der Waals surface area contributed by atoms with Crippen LogP contribution in [0.25, 0.3) is 0 Å². The van der Waals surface area contributed by atoms with Crippen LogP contribution < -0.4 is 10.2 Å². The van der Waals surface area contributed by atoms with E-state index in [9.17, 15) is 4.79 Å². The van der Waals surface area contributed by atoms with Gasteiger partial charge in [0.25, 0.3) is 0 Å². The molecule has 3 aliphatic rings. The van der Waals surface area contributed by atoms with Crippen LogP contribution in [0.15, 0.2) is 24.3 Å². The van der Waals surface area contributed by atoms with E-state index in [0.717, 1.165) is 32.6 Å². The molecule has 1 aliphatic carbocycles. The molecule has 3 unspecified atom stereocenters. The van der Waals surface area contributed by atoms with Gasteiger partial charge in [0, 0.05) is 37.9 Å². The minimum Gasteiger partial charge on any atom is -0.369 e. The zero-order chi connectivity index (χ0) is 16.5. The summed E-state index contributed by atoms with van der Waals surface area (Å²) in [6.07, 6.45) is 6.17. The third-order valence-corrected chi connectivity index (χ3v) is 6.22. The van der Waals surface area contributed by atoms with Crippen LogP contribution in [0.3, 0.4) is 0 Å². The topological polar surface area (TPSA) is 35.6 Å². The Hall–Kier alpha value is -1.55. The van der Waals surface area contributed by atoms with E-state index in [-0.39, 0.29) is 11.9 Å². The zero-order valence-electron chi connectivity index (χ0n) is 14.7. The molecule has 4 heteroatoms. The van der Waals surface area contributed by atoms with Gasteiger partial charge in [-0.05, 0) is 44.2 Å². The first-order valence-corrected chi connectivity index (χ1v) is 9.57. The van der Waals surface area contributed by atoms with Crippen LogP contribution in [0.2, 0.25) is 0 Å². The normalized spacial score (nSPS) is 31.5. The molecule has 3 atom stereocenters. The van der Waals surface area contributed by atoms with E-state index in [1.54, 1.807) is 0 Å². The van der Waals surface area contributed by atoms with Gasteiger partial charge >= 0.3 is 0 Å². The number of benzene rings is 1. The smallest absolute Gasteiger partial charge is 0.237 e. The number of carbonyl (C=O) groups excluding carboxylic acids is 1. The molecule has 4 rings (SSSR count). The minimum absolute atomic E-state index is 0.101. The summed E-state index contributed by atoms with van der Waals surface area (Å²) < 4.78 is 0. The van der Waals surface area contributed by atoms with E-state index in [2.05, 4.69) is 46.3 Å². The van der Waals surface area contributed by atoms with E-state index in [0.29, 0.717) is 12.0 Å². The molecule has 1 aromatic rings. The van der Waals surface area contributed by atoms with Gasteiger partial charge in [-0.15, -0.1) is 0 Å². The summed E-state index contributed by atoms with van der Waals surface area (Å²) >= 11 is 0. The first-order chi connectivity index (χ1) is 11.7. The number of aryl methyl sites for hydroxylation is 1. The molecule has 1 N–H and O–H groups in total. The van der Waals surface area contributed by atoms with Crippen molar-refractivity contribution < 1.29 is 4.79 Å². The highest BCUT2D eigenvalue weighted by molar-refractivity contribution is 5.83. The maximum atomic E-state index is 12.6. The third-order valence-electron chi connectivity index (χ3n) is 6.22. The van der Waals surface area contributed by atoms with Gasteiger partial charge in [-0.1, -0.05) is 30.5 Å². The quantitative estimate of drug-likeness (QED) is 0.907. The number of hydrogen-bond acceptors (Lipinski definition) is 3. The van der Waals surface area contributed by atoms with Crippen molar-refractivity contribution in [3.05, 3.63) is 29.8 Å². The lowest BCUT2D eigenvalue weighted by molar-refractivity contribution is -0.132. The molecule has 0 bridgehead atoms. The van der Waals surface area contributed by atoms with Crippen molar-refractivity contribution in [2.75, 3.05) is 31.1 Å². The molecule has 24 heavy (non-hydrogen) atoms. The van der Waals surface area contributed by atoms with Crippen LogP contribution in [-0.4, -0.2) is 49.1 Å². The first kappa shape index (κ1) is 15.9. The van der Waals surface area contributed by atoms with Crippen molar-refractivity contribution in [1.82, 2.24) is 10.2 Å². The fourth-order valence-electron chi connectivity index (χ4n) is 4.71. The fraction of sp³-hybridized carbons (Fsp3) is 0.650. The van der Waals surface area contributed by atoms with E-state index >= 15 is 0 Å². The van der Waals surface area contributed by atoms with Gasteiger partial charge in [-0.3, -0.25) is 9.69 Å². The maximum absolute atomic E-state index is 12.6. The third kappa shape index (κ3) is 3.16. The Labute approximate surface area is 145 Å². The molecule has 130 valence electrons. The molecule has 0 spiro atoms. The van der Waals surface area contributed by atoms with Gasteiger partial charge in [0.1, 0.15) is 0 Å². The largest absolute Gasteiger partial charge is 0.369 e. The van der Waals surface area contributed by atoms with Crippen molar-refractivity contribution in [2.24, 2.45) is 5.92 Å². The maximum Gasteiger partial charge on any atom is 0.237 e. The Morgan fingerprint density at radius 2 is 1.71 bits per heavy atom. The molecule has 0 radical (unpaired) electrons. The van der Waals surface area contributed by atoms with E-state index < -0.39 is 0 Å². The molecular weight excluding hydrogens is 298 g/mol. The van der Waals surface area contributed by atoms with E-state index in [1.165, 1.54) is 36.9 Å². The summed E-state index contributed by atoms with van der Waals surface area (Å²) in [5, 5.41) is 3.32. The number of hydrogen-bond donors (Lipinski definition) is 1. The fourth-order valence-corrected chi connectivity index (χ4v) is 4.71. The SMILES string of the molecule is Cc1ccc(N2CCN(C3CC4CCCCC4NC3=O)CC2)cc1. The number of nitrogens with one attached hydrogen (secondary N) is 1. The number of anilines is 1. The lowest BCUT2D eigenvalue weighted by Crippen LogP contribution is -2.61. The Morgan fingerprint density at radius 3 is 2.46 bits per heavy atom. The van der Waals surface area contributed by atoms with Crippen LogP contribution in [-0.2, 0) is 4.79 Å². The monoisotopic (exact) mass is 327 g/mol. The second kappa shape index (κ2) is 6.75. The predicted octanol–water partition coefficient (Wildman–Crippen LogP) is 2.56. The van der Waals surface area contributed by atoms with Crippen molar-refractivity contribution in [3.63, 3.8) is 0 Å². The van der Waals surface area contributed by atoms with Gasteiger partial charge in [0.2, 0.25) is 5.91 Å². The standard InChI is InChI=1S/C20H29N3O/c1-15-6-8-17(9-7-15)22-10-12-23(13-11-22)19-14-16-4-2-3-5-18(16)21-20(19)24/h6-9,16,18-19H,2-5,10-14H2,1H3,(H,21,24). The van der Waals surface area contributed by atoms with Gasteiger partial charge in [0.05, 0.1) is 6.04 Å². The lowest BCUT2D eigenvalue weighted by Gasteiger charge is -2.45. The van der Waals surface area contributed by atoms with Crippen LogP contribution in [0.1, 0.15) is 37.7 Å². The molecule has 3 fully saturated rings. The summed E-state index contributed by atoms with van der Waals surface area (Å²) in [4.78, 5) is 17.4. The molecule has 1 saturated carbocycles. The Bertz CT molecular complexity index is 577. The average Bonchev–Trinajstić information content (AvgIpc) is 2.62. The number of rotatable bonds is 2. The van der Waals surface area contributed by atoms with Crippen molar-refractivity contribution in [3.8, 4) is 0 Å². The number of piperidine rings is 1. The molecule has 4 nitrogen and oxygen atoms in total. The molecule has 0 aromatic heterocycles. The van der Waals surface area contributed by atoms with Crippen molar-refractivity contribution in [1.29, 1.82) is 0 Å². The number of nitrogens with zero attached hydrogens (tertiary/aromatic N) is 2. The summed E-state index contributed by atoms with van der Waals surface area (Å²) in [6.45, 7) is 6.14. The van der Waals surface area contributed by atoms with Crippen LogP contribution in [0.5, 0.6) is 0 Å². The summed E-state index contributed by atoms with van der Waals surface area (Å²) in [5.41, 5.74) is 2.61. The Kier molecular flexibility index (Phi) is 4.49. The summed E-state index contributed by atoms with van der Waals surface area (Å²) in [7, 11) is 0. The zero-order valence-corrected chi connectivity index (χ0v) is 14.7. The van der Waals surface area contributed by atoms with E-state index in [1.807, 2.05) is 0 Å². The molecule has 2 saturated heterocycles. The van der Waals surface area contributed by atoms with Gasteiger partial charge < -0.3 is 10.2 Å². The Morgan fingerprint density at radius 1 is 1.00 bits per heavy atom. The van der Waals surface area contributed by atoms with Crippen molar-refractivity contribution >= 4 is 11.6 Å². The highest BCUT2D eigenvalue weighted by atomic mass is 16.2. The molecule has 1 aromatic carbocycles. The molecular formula is C20H29N3O. The van der Waals surface area contributed by atoms with Gasteiger partial charge in [-0.25, -0.2) is 0 Å². The summed E-state index contributed by atoms with van der Waals surface area (Å²) in [6, 6.07) is 9.34. The van der Waals surface area contributed by atoms with Gasteiger partial charge in [-0.2, -0.15) is 0 Å². The van der Waals surface area contributed by atoms with Gasteiger partial charge in [0.15, 0.2) is 0 Å². The van der Waals surface area contributed by atoms with Crippen LogP contribution in [0, 0.1) is 12.8 Å². The van der Waals surface area contributed by atoms with Crippen LogP contribution >= 0.6 is 0 Å². The minimum atomic E-state index is 0.101. The number of piperazine rings is 1. The second-order valence-corrected chi connectivity index (χ2v) is 7.77. The average molecular weight is 327 g/mol. The lowest BCUT2D eigenvalue weighted by atomic mass is 9.77. The van der Waals surface area contributed by atoms with Crippen molar-refractivity contribution in [2.45, 2.75) is 51.1 Å². The number of fused-ring (bicyclic) bond motifs is 1. The van der Waals surface area contributed by atoms with Crippen LogP contribution in [0.4, 0.5) is 5.69 Å². The highest BCUT2D eigenvalue weighted by Crippen LogP contribution is 2.33. The first-order valence-electron chi connectivity index (χ1n) is 9.57.